The van der Waals surface area contributed by atoms with Crippen LogP contribution in [0.1, 0.15) is 109 Å². The first kappa shape index (κ1) is 36.5. The molecule has 2 bridgehead atoms. The van der Waals surface area contributed by atoms with Gasteiger partial charge in [0.05, 0.1) is 24.8 Å². The molecule has 1 aromatic carbocycles. The third-order valence-corrected chi connectivity index (χ3v) is 11.4. The Morgan fingerprint density at radius 1 is 1.08 bits per heavy atom. The number of hydrogen-bond acceptors (Lipinski definition) is 8. The zero-order chi connectivity index (χ0) is 35.0. The lowest BCUT2D eigenvalue weighted by Crippen LogP contribution is -2.65. The largest absolute Gasteiger partial charge is 0.496 e. The molecule has 4 aliphatic carbocycles. The molecule has 11 nitrogen and oxygen atoms in total. The van der Waals surface area contributed by atoms with Crippen LogP contribution in [0.4, 0.5) is 4.79 Å². The standard InChI is InChI=1S/C36H56BN3O8/c1-21(39-33(44)46-34(2,3)4)20-38-25-14-12-22(13-15-25)16-30(41)40-29(17-23-10-9-11-26(32(42)43)31(23)45-8)37-47-28-19-24-18-27(35(24,5)6)36(28,7)48-37/h9-11,21-22,24-25,27-29,38H,12-20H2,1-8H3,(H,39,44)(H,40,41)(H,42,43)/t21-,22-,24?,25-,27?,28?,29-,36?/m0/s1. The summed E-state index contributed by atoms with van der Waals surface area (Å²) in [6, 6.07) is 5.32. The number of amides is 2. The van der Waals surface area contributed by atoms with Crippen LogP contribution in [-0.4, -0.2) is 79.2 Å². The summed E-state index contributed by atoms with van der Waals surface area (Å²) in [4.78, 5) is 37.7. The van der Waals surface area contributed by atoms with E-state index in [1.165, 1.54) is 13.2 Å². The van der Waals surface area contributed by atoms with Crippen molar-refractivity contribution in [3.05, 3.63) is 29.3 Å². The van der Waals surface area contributed by atoms with Crippen molar-refractivity contribution in [1.82, 2.24) is 16.0 Å². The van der Waals surface area contributed by atoms with Crippen LogP contribution in [0.3, 0.4) is 0 Å². The van der Waals surface area contributed by atoms with Gasteiger partial charge in [-0.2, -0.15) is 0 Å². The Balaban J connectivity index is 1.19. The number of aromatic carboxylic acids is 1. The normalized spacial score (nSPS) is 30.3. The van der Waals surface area contributed by atoms with E-state index in [0.717, 1.165) is 38.5 Å². The summed E-state index contributed by atoms with van der Waals surface area (Å²) in [5.74, 6) is -0.133. The van der Waals surface area contributed by atoms with Crippen LogP contribution in [0.5, 0.6) is 5.75 Å². The lowest BCUT2D eigenvalue weighted by atomic mass is 9.43. The molecule has 5 aliphatic rings. The molecule has 1 aromatic rings. The monoisotopic (exact) mass is 669 g/mol. The molecular formula is C36H56BN3O8. The van der Waals surface area contributed by atoms with E-state index in [9.17, 15) is 19.5 Å². The van der Waals surface area contributed by atoms with Crippen molar-refractivity contribution in [2.24, 2.45) is 23.2 Å². The average Bonchev–Trinajstić information content (AvgIpc) is 3.36. The minimum atomic E-state index is -1.07. The minimum Gasteiger partial charge on any atom is -0.496 e. The molecule has 1 heterocycles. The zero-order valence-electron chi connectivity index (χ0n) is 30.0. The van der Waals surface area contributed by atoms with Crippen LogP contribution in [0.25, 0.3) is 0 Å². The second-order valence-corrected chi connectivity index (χ2v) is 16.4. The smallest absolute Gasteiger partial charge is 0.482 e. The Hall–Kier alpha value is -2.83. The molecule has 6 rings (SSSR count). The van der Waals surface area contributed by atoms with Crippen LogP contribution in [-0.2, 0) is 25.3 Å². The van der Waals surface area contributed by atoms with Crippen molar-refractivity contribution >= 4 is 25.1 Å². The second kappa shape index (κ2) is 14.2. The molecule has 4 saturated carbocycles. The highest BCUT2D eigenvalue weighted by atomic mass is 16.7. The molecule has 0 aromatic heterocycles. The second-order valence-electron chi connectivity index (χ2n) is 16.4. The van der Waals surface area contributed by atoms with Crippen LogP contribution in [0, 0.1) is 23.2 Å². The Morgan fingerprint density at radius 2 is 1.79 bits per heavy atom. The van der Waals surface area contributed by atoms with Gasteiger partial charge in [0, 0.05) is 25.0 Å². The number of rotatable bonds is 12. The average molecular weight is 670 g/mol. The maximum Gasteiger partial charge on any atom is 0.482 e. The quantitative estimate of drug-likeness (QED) is 0.223. The highest BCUT2D eigenvalue weighted by Crippen LogP contribution is 2.65. The molecule has 2 amide bonds. The summed E-state index contributed by atoms with van der Waals surface area (Å²) < 4.78 is 24.3. The SMILES string of the molecule is COc1c(C[C@H](NC(=O)C[C@H]2CC[C@H](NC[C@H](C)NC(=O)OC(C)(C)C)CC2)B2OC3CC4CC(C4(C)C)C3(C)O2)cccc1C(=O)O. The fourth-order valence-corrected chi connectivity index (χ4v) is 8.68. The molecule has 1 saturated heterocycles. The van der Waals surface area contributed by atoms with Crippen LogP contribution in [0.2, 0.25) is 0 Å². The van der Waals surface area contributed by atoms with Gasteiger partial charge in [0.15, 0.2) is 0 Å². The van der Waals surface area contributed by atoms with Gasteiger partial charge in [0.2, 0.25) is 5.91 Å². The number of carbonyl (C=O) groups is 3. The molecule has 0 radical (unpaired) electrons. The molecule has 12 heteroatoms. The number of methoxy groups -OCH3 is 1. The first-order valence-corrected chi connectivity index (χ1v) is 17.7. The van der Waals surface area contributed by atoms with Crippen molar-refractivity contribution in [3.63, 3.8) is 0 Å². The van der Waals surface area contributed by atoms with Gasteiger partial charge in [-0.3, -0.25) is 4.79 Å². The van der Waals surface area contributed by atoms with E-state index in [-0.39, 0.29) is 40.7 Å². The summed E-state index contributed by atoms with van der Waals surface area (Å²) in [6.07, 6.45) is 6.06. The van der Waals surface area contributed by atoms with Gasteiger partial charge in [-0.15, -0.1) is 0 Å². The summed E-state index contributed by atoms with van der Waals surface area (Å²) >= 11 is 0. The van der Waals surface area contributed by atoms with Gasteiger partial charge in [-0.05, 0) is 114 Å². The molecule has 5 fully saturated rings. The van der Waals surface area contributed by atoms with Gasteiger partial charge < -0.3 is 39.8 Å². The van der Waals surface area contributed by atoms with Gasteiger partial charge in [0.25, 0.3) is 0 Å². The summed E-state index contributed by atoms with van der Waals surface area (Å²) in [5, 5.41) is 19.5. The number of para-hydroxylation sites is 1. The number of benzene rings is 1. The highest BCUT2D eigenvalue weighted by molar-refractivity contribution is 6.48. The molecule has 0 spiro atoms. The van der Waals surface area contributed by atoms with Crippen LogP contribution < -0.4 is 20.7 Å². The third kappa shape index (κ3) is 7.97. The van der Waals surface area contributed by atoms with Crippen molar-refractivity contribution < 1.29 is 38.3 Å². The van der Waals surface area contributed by atoms with E-state index in [2.05, 4.69) is 36.7 Å². The fourth-order valence-electron chi connectivity index (χ4n) is 8.68. The molecule has 6 atom stereocenters. The predicted molar refractivity (Wildman–Crippen MR) is 183 cm³/mol. The Bertz CT molecular complexity index is 1340. The molecular weight excluding hydrogens is 613 g/mol. The van der Waals surface area contributed by atoms with Gasteiger partial charge in [-0.1, -0.05) is 26.0 Å². The maximum atomic E-state index is 13.7. The van der Waals surface area contributed by atoms with E-state index < -0.39 is 36.3 Å². The van der Waals surface area contributed by atoms with E-state index in [1.54, 1.807) is 6.07 Å². The maximum absolute atomic E-state index is 13.7. The van der Waals surface area contributed by atoms with E-state index in [4.69, 9.17) is 18.8 Å². The number of carboxylic acid groups (broad SMARTS) is 1. The lowest BCUT2D eigenvalue weighted by Gasteiger charge is -2.64. The number of alkyl carbamates (subject to hydrolysis) is 1. The summed E-state index contributed by atoms with van der Waals surface area (Å²) in [7, 11) is 0.809. The Labute approximate surface area is 286 Å². The third-order valence-electron chi connectivity index (χ3n) is 11.4. The molecule has 48 heavy (non-hydrogen) atoms. The highest BCUT2D eigenvalue weighted by Gasteiger charge is 2.68. The lowest BCUT2D eigenvalue weighted by molar-refractivity contribution is -0.199. The predicted octanol–water partition coefficient (Wildman–Crippen LogP) is 5.14. The van der Waals surface area contributed by atoms with Crippen LogP contribution >= 0.6 is 0 Å². The van der Waals surface area contributed by atoms with E-state index in [0.29, 0.717) is 42.8 Å². The number of carboxylic acids is 1. The Morgan fingerprint density at radius 3 is 2.42 bits per heavy atom. The minimum absolute atomic E-state index is 0.0456. The fraction of sp³-hybridized carbons (Fsp3) is 0.750. The number of nitrogens with one attached hydrogen (secondary N) is 3. The molecule has 4 N–H and O–H groups in total. The van der Waals surface area contributed by atoms with Gasteiger partial charge in [0.1, 0.15) is 16.9 Å². The van der Waals surface area contributed by atoms with Crippen molar-refractivity contribution in [3.8, 4) is 5.75 Å². The number of carbonyl (C=O) groups excluding carboxylic acids is 2. The van der Waals surface area contributed by atoms with Crippen molar-refractivity contribution in [1.29, 1.82) is 0 Å². The first-order valence-electron chi connectivity index (χ1n) is 17.7. The van der Waals surface area contributed by atoms with Crippen molar-refractivity contribution in [2.45, 2.75) is 135 Å². The number of ether oxygens (including phenoxy) is 2. The van der Waals surface area contributed by atoms with Gasteiger partial charge in [-0.25, -0.2) is 9.59 Å². The van der Waals surface area contributed by atoms with Crippen molar-refractivity contribution in [2.75, 3.05) is 13.7 Å². The Kier molecular flexibility index (Phi) is 10.8. The molecule has 266 valence electrons. The summed E-state index contributed by atoms with van der Waals surface area (Å²) in [6.45, 7) is 14.9. The summed E-state index contributed by atoms with van der Waals surface area (Å²) in [5.41, 5.74) is -0.0320. The number of hydrogen-bond donors (Lipinski definition) is 4. The van der Waals surface area contributed by atoms with E-state index >= 15 is 0 Å². The zero-order valence-corrected chi connectivity index (χ0v) is 30.0. The van der Waals surface area contributed by atoms with Gasteiger partial charge >= 0.3 is 19.2 Å². The van der Waals surface area contributed by atoms with Crippen LogP contribution in [0.15, 0.2) is 18.2 Å². The molecule has 4 unspecified atom stereocenters. The first-order chi connectivity index (χ1) is 22.5. The molecule has 1 aliphatic heterocycles. The topological polar surface area (TPSA) is 144 Å². The van der Waals surface area contributed by atoms with E-state index in [1.807, 2.05) is 33.8 Å².